The van der Waals surface area contributed by atoms with Gasteiger partial charge >= 0.3 is 0 Å². The lowest BCUT2D eigenvalue weighted by atomic mass is 9.91. The highest BCUT2D eigenvalue weighted by Crippen LogP contribution is 2.52. The van der Waals surface area contributed by atoms with E-state index in [2.05, 4.69) is 6.92 Å². The number of carbonyl (C=O) groups excluding carboxylic acids is 2. The highest BCUT2D eigenvalue weighted by atomic mass is 35.5. The molecule has 1 saturated carbocycles. The van der Waals surface area contributed by atoms with E-state index in [4.69, 9.17) is 28.9 Å². The predicted octanol–water partition coefficient (Wildman–Crippen LogP) is 3.21. The van der Waals surface area contributed by atoms with Gasteiger partial charge in [0.25, 0.3) is 0 Å². The summed E-state index contributed by atoms with van der Waals surface area (Å²) in [6.07, 6.45) is 2.30. The first-order valence-corrected chi connectivity index (χ1v) is 8.69. The van der Waals surface area contributed by atoms with E-state index in [-0.39, 0.29) is 17.7 Å². The second-order valence-electron chi connectivity index (χ2n) is 6.67. The van der Waals surface area contributed by atoms with Crippen molar-refractivity contribution < 1.29 is 9.59 Å². The molecule has 2 amide bonds. The monoisotopic (exact) mass is 354 g/mol. The van der Waals surface area contributed by atoms with Crippen LogP contribution in [0.2, 0.25) is 10.0 Å². The topological polar surface area (TPSA) is 63.4 Å². The first kappa shape index (κ1) is 16.6. The lowest BCUT2D eigenvalue weighted by molar-refractivity contribution is -0.143. The molecule has 4 unspecified atom stereocenters. The maximum absolute atomic E-state index is 12.8. The van der Waals surface area contributed by atoms with E-state index < -0.39 is 11.9 Å². The van der Waals surface area contributed by atoms with Crippen LogP contribution in [0.25, 0.3) is 0 Å². The molecule has 1 aliphatic heterocycles. The highest BCUT2D eigenvalue weighted by Gasteiger charge is 2.49. The number of piperidine rings is 1. The molecule has 1 aliphatic carbocycles. The van der Waals surface area contributed by atoms with Crippen LogP contribution < -0.4 is 5.73 Å². The molecule has 1 aromatic rings. The fraction of sp³-hybridized carbons (Fsp3) is 0.529. The van der Waals surface area contributed by atoms with Crippen LogP contribution in [0.1, 0.15) is 37.7 Å². The van der Waals surface area contributed by atoms with Gasteiger partial charge in [-0.25, -0.2) is 0 Å². The van der Waals surface area contributed by atoms with Crippen LogP contribution in [0.5, 0.6) is 0 Å². The molecule has 23 heavy (non-hydrogen) atoms. The second-order valence-corrected chi connectivity index (χ2v) is 7.46. The SMILES string of the molecule is CC1CCN(C(=O)C2CC2c2cccc(Cl)c2Cl)C(C(N)=O)C1. The molecule has 124 valence electrons. The fourth-order valence-corrected chi connectivity index (χ4v) is 3.95. The number of nitrogens with two attached hydrogens (primary N) is 1. The minimum atomic E-state index is -0.484. The van der Waals surface area contributed by atoms with Crippen molar-refractivity contribution >= 4 is 35.0 Å². The Kier molecular flexibility index (Phi) is 4.56. The molecule has 1 heterocycles. The number of nitrogens with zero attached hydrogens (tertiary/aromatic N) is 1. The summed E-state index contributed by atoms with van der Waals surface area (Å²) in [5, 5.41) is 1.03. The van der Waals surface area contributed by atoms with Gasteiger partial charge in [-0.1, -0.05) is 42.3 Å². The van der Waals surface area contributed by atoms with Crippen molar-refractivity contribution in [1.82, 2.24) is 4.90 Å². The average Bonchev–Trinajstić information content (AvgIpc) is 3.29. The van der Waals surface area contributed by atoms with E-state index in [0.717, 1.165) is 18.4 Å². The molecule has 0 spiro atoms. The van der Waals surface area contributed by atoms with E-state index >= 15 is 0 Å². The first-order chi connectivity index (χ1) is 10.9. The zero-order chi connectivity index (χ0) is 16.7. The van der Waals surface area contributed by atoms with Crippen molar-refractivity contribution in [3.8, 4) is 0 Å². The molecule has 3 rings (SSSR count). The van der Waals surface area contributed by atoms with Crippen molar-refractivity contribution in [3.63, 3.8) is 0 Å². The van der Waals surface area contributed by atoms with Gasteiger partial charge in [-0.3, -0.25) is 9.59 Å². The number of rotatable bonds is 3. The van der Waals surface area contributed by atoms with Gasteiger partial charge in [0.15, 0.2) is 0 Å². The number of benzene rings is 1. The molecule has 2 N–H and O–H groups in total. The summed E-state index contributed by atoms with van der Waals surface area (Å²) >= 11 is 12.3. The lowest BCUT2D eigenvalue weighted by Crippen LogP contribution is -2.52. The molecule has 0 aromatic heterocycles. The summed E-state index contributed by atoms with van der Waals surface area (Å²) in [5.41, 5.74) is 6.41. The van der Waals surface area contributed by atoms with Crippen molar-refractivity contribution in [3.05, 3.63) is 33.8 Å². The largest absolute Gasteiger partial charge is 0.368 e. The minimum absolute atomic E-state index is 0.0155. The molecular formula is C17H20Cl2N2O2. The van der Waals surface area contributed by atoms with Gasteiger partial charge in [0.05, 0.1) is 10.0 Å². The third-order valence-electron chi connectivity index (χ3n) is 4.96. The Balaban J connectivity index is 1.74. The molecule has 0 bridgehead atoms. The Morgan fingerprint density at radius 2 is 2.00 bits per heavy atom. The van der Waals surface area contributed by atoms with Crippen LogP contribution in [0.15, 0.2) is 18.2 Å². The summed E-state index contributed by atoms with van der Waals surface area (Å²) in [6, 6.07) is 5.01. The Morgan fingerprint density at radius 3 is 2.70 bits per heavy atom. The number of likely N-dealkylation sites (tertiary alicyclic amines) is 1. The quantitative estimate of drug-likeness (QED) is 0.905. The maximum Gasteiger partial charge on any atom is 0.240 e. The smallest absolute Gasteiger partial charge is 0.240 e. The molecule has 1 saturated heterocycles. The minimum Gasteiger partial charge on any atom is -0.368 e. The number of hydrogen-bond donors (Lipinski definition) is 1. The third-order valence-corrected chi connectivity index (χ3v) is 5.80. The summed E-state index contributed by atoms with van der Waals surface area (Å²) in [6.45, 7) is 2.68. The summed E-state index contributed by atoms with van der Waals surface area (Å²) in [4.78, 5) is 26.2. The molecule has 0 radical (unpaired) electrons. The Labute approximate surface area is 145 Å². The zero-order valence-corrected chi connectivity index (χ0v) is 14.5. The van der Waals surface area contributed by atoms with Crippen molar-refractivity contribution in [2.45, 2.75) is 38.1 Å². The van der Waals surface area contributed by atoms with Crippen LogP contribution in [0.3, 0.4) is 0 Å². The van der Waals surface area contributed by atoms with Gasteiger partial charge in [0.2, 0.25) is 11.8 Å². The lowest BCUT2D eigenvalue weighted by Gasteiger charge is -2.37. The summed E-state index contributed by atoms with van der Waals surface area (Å²) in [7, 11) is 0. The van der Waals surface area contributed by atoms with E-state index in [1.165, 1.54) is 0 Å². The Morgan fingerprint density at radius 1 is 1.26 bits per heavy atom. The van der Waals surface area contributed by atoms with Gasteiger partial charge in [0, 0.05) is 12.5 Å². The van der Waals surface area contributed by atoms with Crippen LogP contribution in [0, 0.1) is 11.8 Å². The maximum atomic E-state index is 12.8. The first-order valence-electron chi connectivity index (χ1n) is 7.93. The molecule has 6 heteroatoms. The van der Waals surface area contributed by atoms with E-state index in [1.54, 1.807) is 11.0 Å². The summed E-state index contributed by atoms with van der Waals surface area (Å²) in [5.74, 6) is -0.0265. The summed E-state index contributed by atoms with van der Waals surface area (Å²) < 4.78 is 0. The zero-order valence-electron chi connectivity index (χ0n) is 13.0. The molecule has 2 fully saturated rings. The molecule has 4 atom stereocenters. The van der Waals surface area contributed by atoms with Crippen molar-refractivity contribution in [2.24, 2.45) is 17.6 Å². The van der Waals surface area contributed by atoms with Gasteiger partial charge in [-0.2, -0.15) is 0 Å². The number of hydrogen-bond acceptors (Lipinski definition) is 2. The van der Waals surface area contributed by atoms with Gasteiger partial charge in [-0.15, -0.1) is 0 Å². The number of amides is 2. The second kappa shape index (κ2) is 6.33. The molecule has 4 nitrogen and oxygen atoms in total. The molecule has 1 aromatic carbocycles. The third kappa shape index (κ3) is 3.20. The highest BCUT2D eigenvalue weighted by molar-refractivity contribution is 6.42. The van der Waals surface area contributed by atoms with Crippen molar-refractivity contribution in [2.75, 3.05) is 6.54 Å². The van der Waals surface area contributed by atoms with Gasteiger partial charge in [-0.05, 0) is 42.7 Å². The number of primary amides is 1. The Hall–Kier alpha value is -1.26. The molecule has 2 aliphatic rings. The van der Waals surface area contributed by atoms with Crippen LogP contribution in [-0.4, -0.2) is 29.3 Å². The fourth-order valence-electron chi connectivity index (χ4n) is 3.51. The number of carbonyl (C=O) groups is 2. The standard InChI is InChI=1S/C17H20Cl2N2O2/c1-9-5-6-21(14(7-9)16(20)22)17(23)12-8-11(12)10-3-2-4-13(18)15(10)19/h2-4,9,11-12,14H,5-8H2,1H3,(H2,20,22). The van der Waals surface area contributed by atoms with E-state index in [0.29, 0.717) is 28.9 Å². The van der Waals surface area contributed by atoms with Crippen LogP contribution in [-0.2, 0) is 9.59 Å². The van der Waals surface area contributed by atoms with E-state index in [9.17, 15) is 9.59 Å². The van der Waals surface area contributed by atoms with Crippen molar-refractivity contribution in [1.29, 1.82) is 0 Å². The normalized spacial score (nSPS) is 30.1. The van der Waals surface area contributed by atoms with Crippen LogP contribution >= 0.6 is 23.2 Å². The molecular weight excluding hydrogens is 335 g/mol. The predicted molar refractivity (Wildman–Crippen MR) is 90.4 cm³/mol. The number of halogens is 2. The van der Waals surface area contributed by atoms with E-state index in [1.807, 2.05) is 12.1 Å². The van der Waals surface area contributed by atoms with Crippen LogP contribution in [0.4, 0.5) is 0 Å². The Bertz CT molecular complexity index is 649. The average molecular weight is 355 g/mol. The van der Waals surface area contributed by atoms with Gasteiger partial charge < -0.3 is 10.6 Å². The van der Waals surface area contributed by atoms with Gasteiger partial charge in [0.1, 0.15) is 6.04 Å².